The first-order valence-corrected chi connectivity index (χ1v) is 10.2. The molecule has 1 saturated heterocycles. The van der Waals surface area contributed by atoms with Crippen LogP contribution in [0.3, 0.4) is 0 Å². The quantitative estimate of drug-likeness (QED) is 0.725. The standard InChI is InChI=1S/C17H20ClN3O4S/c18-15-5-1-2-6-16(15)26(23,24)21-9-7-20(8-10-21)13-17(22)19-12-14-4-3-11-25-14/h1-6,11H,7-10,12-13H2,(H,19,22)/p+1. The highest BCUT2D eigenvalue weighted by Gasteiger charge is 2.32. The Morgan fingerprint density at radius 2 is 1.92 bits per heavy atom. The first-order chi connectivity index (χ1) is 12.5. The van der Waals surface area contributed by atoms with Gasteiger partial charge in [0.1, 0.15) is 10.7 Å². The van der Waals surface area contributed by atoms with E-state index in [1.807, 2.05) is 0 Å². The Kier molecular flexibility index (Phi) is 5.98. The zero-order valence-corrected chi connectivity index (χ0v) is 15.7. The summed E-state index contributed by atoms with van der Waals surface area (Å²) in [6.45, 7) is 2.51. The van der Waals surface area contributed by atoms with Crippen molar-refractivity contribution in [3.05, 3.63) is 53.4 Å². The molecule has 1 aliphatic rings. The second-order valence-corrected chi connectivity index (χ2v) is 8.43. The van der Waals surface area contributed by atoms with E-state index < -0.39 is 10.0 Å². The van der Waals surface area contributed by atoms with Crippen molar-refractivity contribution in [3.8, 4) is 0 Å². The fraction of sp³-hybridized carbons (Fsp3) is 0.353. The van der Waals surface area contributed by atoms with Gasteiger partial charge in [-0.1, -0.05) is 23.7 Å². The molecule has 9 heteroatoms. The van der Waals surface area contributed by atoms with Crippen LogP contribution in [0.15, 0.2) is 52.0 Å². The number of halogens is 1. The van der Waals surface area contributed by atoms with Gasteiger partial charge in [-0.3, -0.25) is 4.79 Å². The summed E-state index contributed by atoms with van der Waals surface area (Å²) in [6, 6.07) is 10.0. The number of carbonyl (C=O) groups is 1. The Morgan fingerprint density at radius 1 is 1.19 bits per heavy atom. The van der Waals surface area contributed by atoms with Crippen LogP contribution in [0.5, 0.6) is 0 Å². The van der Waals surface area contributed by atoms with Crippen molar-refractivity contribution in [1.82, 2.24) is 9.62 Å². The molecule has 0 saturated carbocycles. The Hall–Kier alpha value is -1.87. The van der Waals surface area contributed by atoms with Crippen molar-refractivity contribution >= 4 is 27.5 Å². The number of nitrogens with one attached hydrogen (secondary N) is 2. The highest BCUT2D eigenvalue weighted by Crippen LogP contribution is 2.23. The molecular formula is C17H21ClN3O4S+. The molecule has 2 N–H and O–H groups in total. The molecule has 1 aliphatic heterocycles. The first-order valence-electron chi connectivity index (χ1n) is 8.34. The van der Waals surface area contributed by atoms with E-state index >= 15 is 0 Å². The smallest absolute Gasteiger partial charge is 0.275 e. The molecular weight excluding hydrogens is 378 g/mol. The zero-order chi connectivity index (χ0) is 18.6. The molecule has 1 amide bonds. The number of quaternary nitrogens is 1. The number of hydrogen-bond donors (Lipinski definition) is 2. The van der Waals surface area contributed by atoms with Crippen LogP contribution in [0, 0.1) is 0 Å². The minimum absolute atomic E-state index is 0.0844. The van der Waals surface area contributed by atoms with Crippen LogP contribution < -0.4 is 10.2 Å². The number of piperazine rings is 1. The molecule has 0 radical (unpaired) electrons. The summed E-state index contributed by atoms with van der Waals surface area (Å²) in [6.07, 6.45) is 1.56. The lowest BCUT2D eigenvalue weighted by molar-refractivity contribution is -0.895. The summed E-state index contributed by atoms with van der Waals surface area (Å²) in [4.78, 5) is 13.2. The molecule has 1 aromatic heterocycles. The van der Waals surface area contributed by atoms with Crippen LogP contribution in [0.1, 0.15) is 5.76 Å². The van der Waals surface area contributed by atoms with Gasteiger partial charge in [-0.05, 0) is 24.3 Å². The maximum absolute atomic E-state index is 12.7. The van der Waals surface area contributed by atoms with Gasteiger partial charge in [0, 0.05) is 0 Å². The zero-order valence-electron chi connectivity index (χ0n) is 14.2. The van der Waals surface area contributed by atoms with Crippen LogP contribution in [0.4, 0.5) is 0 Å². The average Bonchev–Trinajstić information content (AvgIpc) is 3.14. The van der Waals surface area contributed by atoms with E-state index in [9.17, 15) is 13.2 Å². The van der Waals surface area contributed by atoms with Crippen LogP contribution in [0.25, 0.3) is 0 Å². The van der Waals surface area contributed by atoms with Crippen LogP contribution in [-0.4, -0.2) is 51.4 Å². The second kappa shape index (κ2) is 8.22. The summed E-state index contributed by atoms with van der Waals surface area (Å²) < 4.78 is 32.0. The van der Waals surface area contributed by atoms with Gasteiger partial charge in [0.15, 0.2) is 6.54 Å². The maximum Gasteiger partial charge on any atom is 0.275 e. The van der Waals surface area contributed by atoms with E-state index in [1.54, 1.807) is 36.6 Å². The van der Waals surface area contributed by atoms with Gasteiger partial charge in [-0.25, -0.2) is 8.42 Å². The summed E-state index contributed by atoms with van der Waals surface area (Å²) >= 11 is 6.03. The van der Waals surface area contributed by atoms with Crippen molar-refractivity contribution in [2.75, 3.05) is 32.7 Å². The molecule has 0 bridgehead atoms. The van der Waals surface area contributed by atoms with Crippen molar-refractivity contribution in [2.24, 2.45) is 0 Å². The SMILES string of the molecule is O=C(C[NH+]1CCN(S(=O)(=O)c2ccccc2Cl)CC1)NCc1ccco1. The first kappa shape index (κ1) is 18.9. The summed E-state index contributed by atoms with van der Waals surface area (Å²) in [5, 5.41) is 3.03. The lowest BCUT2D eigenvalue weighted by Crippen LogP contribution is -3.15. The second-order valence-electron chi connectivity index (χ2n) is 6.12. The number of benzene rings is 1. The number of amides is 1. The number of furan rings is 1. The highest BCUT2D eigenvalue weighted by atomic mass is 35.5. The summed E-state index contributed by atoms with van der Waals surface area (Å²) in [5.41, 5.74) is 0. The third-order valence-electron chi connectivity index (χ3n) is 4.33. The third kappa shape index (κ3) is 4.45. The van der Waals surface area contributed by atoms with E-state index in [0.717, 1.165) is 4.90 Å². The van der Waals surface area contributed by atoms with E-state index in [1.165, 1.54) is 10.4 Å². The molecule has 1 fully saturated rings. The van der Waals surface area contributed by atoms with Crippen molar-refractivity contribution in [2.45, 2.75) is 11.4 Å². The fourth-order valence-corrected chi connectivity index (χ4v) is 4.84. The van der Waals surface area contributed by atoms with E-state index in [4.69, 9.17) is 16.0 Å². The molecule has 140 valence electrons. The predicted octanol–water partition coefficient (Wildman–Crippen LogP) is 0.139. The highest BCUT2D eigenvalue weighted by molar-refractivity contribution is 7.89. The van der Waals surface area contributed by atoms with Gasteiger partial charge in [0.2, 0.25) is 10.0 Å². The van der Waals surface area contributed by atoms with Gasteiger partial charge >= 0.3 is 0 Å². The molecule has 2 aromatic rings. The van der Waals surface area contributed by atoms with Gasteiger partial charge in [-0.15, -0.1) is 0 Å². The maximum atomic E-state index is 12.7. The van der Waals surface area contributed by atoms with Crippen molar-refractivity contribution in [1.29, 1.82) is 0 Å². The Morgan fingerprint density at radius 3 is 2.58 bits per heavy atom. The Bertz CT molecular complexity index is 847. The number of hydrogen-bond acceptors (Lipinski definition) is 4. The molecule has 0 aliphatic carbocycles. The Labute approximate surface area is 157 Å². The predicted molar refractivity (Wildman–Crippen MR) is 96.3 cm³/mol. The topological polar surface area (TPSA) is 84.1 Å². The summed E-state index contributed by atoms with van der Waals surface area (Å²) in [5.74, 6) is 0.614. The Balaban J connectivity index is 1.51. The average molecular weight is 399 g/mol. The minimum atomic E-state index is -3.61. The van der Waals surface area contributed by atoms with Gasteiger partial charge in [-0.2, -0.15) is 4.31 Å². The number of carbonyl (C=O) groups excluding carboxylic acids is 1. The molecule has 0 unspecified atom stereocenters. The molecule has 0 spiro atoms. The lowest BCUT2D eigenvalue weighted by Gasteiger charge is -2.31. The monoisotopic (exact) mass is 398 g/mol. The summed E-state index contributed by atoms with van der Waals surface area (Å²) in [7, 11) is -3.61. The van der Waals surface area contributed by atoms with Gasteiger partial charge in [0.25, 0.3) is 5.91 Å². The normalized spacial score (nSPS) is 16.5. The van der Waals surface area contributed by atoms with Crippen LogP contribution in [0.2, 0.25) is 5.02 Å². The molecule has 7 nitrogen and oxygen atoms in total. The lowest BCUT2D eigenvalue weighted by atomic mass is 10.3. The third-order valence-corrected chi connectivity index (χ3v) is 6.73. The van der Waals surface area contributed by atoms with Crippen LogP contribution >= 0.6 is 11.6 Å². The molecule has 26 heavy (non-hydrogen) atoms. The molecule has 0 atom stereocenters. The van der Waals surface area contributed by atoms with Crippen molar-refractivity contribution in [3.63, 3.8) is 0 Å². The number of sulfonamides is 1. The van der Waals surface area contributed by atoms with Gasteiger partial charge in [0.05, 0.1) is 44.0 Å². The van der Waals surface area contributed by atoms with Gasteiger partial charge < -0.3 is 14.6 Å². The number of nitrogens with zero attached hydrogens (tertiary/aromatic N) is 1. The largest absolute Gasteiger partial charge is 0.467 e. The molecule has 1 aromatic carbocycles. The van der Waals surface area contributed by atoms with E-state index in [2.05, 4.69) is 5.32 Å². The fourth-order valence-electron chi connectivity index (χ4n) is 2.90. The van der Waals surface area contributed by atoms with Crippen molar-refractivity contribution < 1.29 is 22.5 Å². The minimum Gasteiger partial charge on any atom is -0.467 e. The number of rotatable bonds is 6. The van der Waals surface area contributed by atoms with Crippen LogP contribution in [-0.2, 0) is 21.4 Å². The van der Waals surface area contributed by atoms with E-state index in [-0.39, 0.29) is 15.8 Å². The molecule has 2 heterocycles. The van der Waals surface area contributed by atoms with E-state index in [0.29, 0.717) is 45.0 Å². The molecule has 3 rings (SSSR count).